The number of fused-ring (bicyclic) bond motifs is 1. The number of aryl methyl sites for hydroxylation is 1. The highest BCUT2D eigenvalue weighted by molar-refractivity contribution is 5.36. The lowest BCUT2D eigenvalue weighted by Gasteiger charge is -2.42. The first-order valence-corrected chi connectivity index (χ1v) is 6.93. The van der Waals surface area contributed by atoms with E-state index < -0.39 is 0 Å². The second-order valence-electron chi connectivity index (χ2n) is 6.15. The summed E-state index contributed by atoms with van der Waals surface area (Å²) in [6.45, 7) is 1.20. The summed E-state index contributed by atoms with van der Waals surface area (Å²) in [5.41, 5.74) is 4.42. The van der Waals surface area contributed by atoms with Crippen LogP contribution in [0, 0.1) is 0 Å². The van der Waals surface area contributed by atoms with Crippen molar-refractivity contribution in [3.05, 3.63) is 65.5 Å². The molecular weight excluding hydrogens is 232 g/mol. The third-order valence-corrected chi connectivity index (χ3v) is 4.33. The molecule has 0 amide bonds. The van der Waals surface area contributed by atoms with Crippen LogP contribution in [0.4, 0.5) is 0 Å². The number of hydrogen-bond donors (Lipinski definition) is 0. The van der Waals surface area contributed by atoms with Gasteiger partial charge in [0.05, 0.1) is 20.6 Å². The van der Waals surface area contributed by atoms with Crippen LogP contribution in [0.5, 0.6) is 0 Å². The molecule has 98 valence electrons. The van der Waals surface area contributed by atoms with Gasteiger partial charge in [0.25, 0.3) is 0 Å². The highest BCUT2D eigenvalue weighted by Gasteiger charge is 2.36. The number of quaternary nitrogens is 1. The van der Waals surface area contributed by atoms with Gasteiger partial charge in [-0.2, -0.15) is 0 Å². The second-order valence-corrected chi connectivity index (χ2v) is 6.15. The SMILES string of the molecule is C[n+]1ccc(C2c3ccccc3CC[N+]2(C)C)cc1. The summed E-state index contributed by atoms with van der Waals surface area (Å²) >= 11 is 0. The van der Waals surface area contributed by atoms with Gasteiger partial charge in [-0.3, -0.25) is 0 Å². The van der Waals surface area contributed by atoms with Gasteiger partial charge in [-0.15, -0.1) is 0 Å². The van der Waals surface area contributed by atoms with Gasteiger partial charge in [0.15, 0.2) is 12.4 Å². The van der Waals surface area contributed by atoms with Gasteiger partial charge in [-0.05, 0) is 5.56 Å². The number of nitrogens with zero attached hydrogens (tertiary/aromatic N) is 2. The normalized spacial score (nSPS) is 20.9. The van der Waals surface area contributed by atoms with Crippen molar-refractivity contribution < 1.29 is 9.05 Å². The largest absolute Gasteiger partial charge is 0.318 e. The van der Waals surface area contributed by atoms with Crippen molar-refractivity contribution in [3.8, 4) is 0 Å². The maximum Gasteiger partial charge on any atom is 0.169 e. The van der Waals surface area contributed by atoms with Crippen molar-refractivity contribution >= 4 is 0 Å². The van der Waals surface area contributed by atoms with Crippen LogP contribution in [0.2, 0.25) is 0 Å². The van der Waals surface area contributed by atoms with Gasteiger partial charge >= 0.3 is 0 Å². The molecule has 0 bridgehead atoms. The highest BCUT2D eigenvalue weighted by atomic mass is 15.3. The van der Waals surface area contributed by atoms with E-state index in [-0.39, 0.29) is 0 Å². The summed E-state index contributed by atoms with van der Waals surface area (Å²) in [5, 5.41) is 0. The van der Waals surface area contributed by atoms with E-state index in [9.17, 15) is 0 Å². The number of benzene rings is 1. The molecule has 0 fully saturated rings. The summed E-state index contributed by atoms with van der Waals surface area (Å²) < 4.78 is 3.13. The molecule has 0 saturated carbocycles. The molecule has 2 heteroatoms. The molecule has 1 unspecified atom stereocenters. The van der Waals surface area contributed by atoms with Gasteiger partial charge in [0.2, 0.25) is 0 Å². The van der Waals surface area contributed by atoms with Crippen molar-refractivity contribution in [1.29, 1.82) is 0 Å². The zero-order valence-corrected chi connectivity index (χ0v) is 12.0. The van der Waals surface area contributed by atoms with Crippen LogP contribution in [0.15, 0.2) is 48.8 Å². The molecular formula is C17H22N2+2. The van der Waals surface area contributed by atoms with E-state index >= 15 is 0 Å². The third kappa shape index (κ3) is 2.17. The van der Waals surface area contributed by atoms with E-state index in [1.54, 1.807) is 0 Å². The number of hydrogen-bond acceptors (Lipinski definition) is 0. The minimum absolute atomic E-state index is 0.450. The van der Waals surface area contributed by atoms with Crippen LogP contribution in [0.1, 0.15) is 22.7 Å². The van der Waals surface area contributed by atoms with Crippen LogP contribution >= 0.6 is 0 Å². The Kier molecular flexibility index (Phi) is 2.90. The van der Waals surface area contributed by atoms with E-state index in [1.807, 2.05) is 0 Å². The van der Waals surface area contributed by atoms with Crippen LogP contribution < -0.4 is 4.57 Å². The Morgan fingerprint density at radius 2 is 1.74 bits per heavy atom. The molecule has 1 aliphatic heterocycles. The zero-order valence-electron chi connectivity index (χ0n) is 12.0. The molecule has 19 heavy (non-hydrogen) atoms. The summed E-state index contributed by atoms with van der Waals surface area (Å²) in [4.78, 5) is 0. The van der Waals surface area contributed by atoms with E-state index in [0.717, 1.165) is 4.48 Å². The van der Waals surface area contributed by atoms with E-state index in [1.165, 1.54) is 29.7 Å². The first-order chi connectivity index (χ1) is 9.08. The molecule has 0 N–H and O–H groups in total. The Labute approximate surface area is 115 Å². The van der Waals surface area contributed by atoms with Gasteiger partial charge in [-0.1, -0.05) is 24.3 Å². The average molecular weight is 254 g/mol. The summed E-state index contributed by atoms with van der Waals surface area (Å²) in [5.74, 6) is 0. The lowest BCUT2D eigenvalue weighted by molar-refractivity contribution is -0.917. The molecule has 1 aliphatic rings. The average Bonchev–Trinajstić information content (AvgIpc) is 2.40. The minimum Gasteiger partial charge on any atom is -0.318 e. The maximum absolute atomic E-state index is 2.34. The third-order valence-electron chi connectivity index (χ3n) is 4.33. The molecule has 2 aromatic rings. The monoisotopic (exact) mass is 254 g/mol. The first-order valence-electron chi connectivity index (χ1n) is 6.93. The van der Waals surface area contributed by atoms with Gasteiger partial charge in [0, 0.05) is 29.7 Å². The second kappa shape index (κ2) is 4.46. The van der Waals surface area contributed by atoms with E-state index in [2.05, 4.69) is 74.5 Å². The summed E-state index contributed by atoms with van der Waals surface area (Å²) in [6, 6.07) is 13.9. The van der Waals surface area contributed by atoms with Crippen LogP contribution in [0.3, 0.4) is 0 Å². The Balaban J connectivity index is 2.13. The number of rotatable bonds is 1. The minimum atomic E-state index is 0.450. The molecule has 1 aromatic carbocycles. The van der Waals surface area contributed by atoms with Crippen molar-refractivity contribution in [2.24, 2.45) is 7.05 Å². The Hall–Kier alpha value is -1.67. The fraction of sp³-hybridized carbons (Fsp3) is 0.353. The van der Waals surface area contributed by atoms with Crippen molar-refractivity contribution in [2.45, 2.75) is 12.5 Å². The predicted molar refractivity (Wildman–Crippen MR) is 76.6 cm³/mol. The van der Waals surface area contributed by atoms with Gasteiger partial charge in [0.1, 0.15) is 13.1 Å². The Morgan fingerprint density at radius 3 is 2.47 bits per heavy atom. The number of aromatic nitrogens is 1. The predicted octanol–water partition coefficient (Wildman–Crippen LogP) is 2.23. The van der Waals surface area contributed by atoms with Crippen molar-refractivity contribution in [2.75, 3.05) is 20.6 Å². The fourth-order valence-corrected chi connectivity index (χ4v) is 3.22. The lowest BCUT2D eigenvalue weighted by Crippen LogP contribution is -2.48. The van der Waals surface area contributed by atoms with Gasteiger partial charge in [-0.25, -0.2) is 4.57 Å². The number of likely N-dealkylation sites (N-methyl/N-ethyl adjacent to an activating group) is 1. The van der Waals surface area contributed by atoms with Gasteiger partial charge < -0.3 is 4.48 Å². The molecule has 1 atom stereocenters. The van der Waals surface area contributed by atoms with Crippen molar-refractivity contribution in [1.82, 2.24) is 0 Å². The van der Waals surface area contributed by atoms with Crippen LogP contribution in [-0.4, -0.2) is 25.1 Å². The maximum atomic E-state index is 2.34. The Morgan fingerprint density at radius 1 is 1.05 bits per heavy atom. The molecule has 1 aromatic heterocycles. The van der Waals surface area contributed by atoms with E-state index in [4.69, 9.17) is 0 Å². The molecule has 3 rings (SSSR count). The fourth-order valence-electron chi connectivity index (χ4n) is 3.22. The summed E-state index contributed by atoms with van der Waals surface area (Å²) in [7, 11) is 6.75. The lowest BCUT2D eigenvalue weighted by atomic mass is 9.87. The highest BCUT2D eigenvalue weighted by Crippen LogP contribution is 2.37. The first kappa shape index (κ1) is 12.4. The molecule has 2 heterocycles. The Bertz CT molecular complexity index is 584. The summed E-state index contributed by atoms with van der Waals surface area (Å²) in [6.07, 6.45) is 5.47. The molecule has 0 spiro atoms. The molecule has 2 nitrogen and oxygen atoms in total. The zero-order chi connectivity index (χ0) is 13.5. The molecule has 0 saturated heterocycles. The van der Waals surface area contributed by atoms with Crippen LogP contribution in [-0.2, 0) is 13.5 Å². The van der Waals surface area contributed by atoms with Crippen molar-refractivity contribution in [3.63, 3.8) is 0 Å². The molecule has 0 radical (unpaired) electrons. The topological polar surface area (TPSA) is 3.88 Å². The quantitative estimate of drug-likeness (QED) is 0.543. The standard InChI is InChI=1S/C17H22N2/c1-18-11-8-15(9-12-18)17-16-7-5-4-6-14(16)10-13-19(17,2)3/h4-9,11-12,17H,10,13H2,1-3H3/q+2. The van der Waals surface area contributed by atoms with E-state index in [0.29, 0.717) is 6.04 Å². The molecule has 0 aliphatic carbocycles. The van der Waals surface area contributed by atoms with Crippen LogP contribution in [0.25, 0.3) is 0 Å². The smallest absolute Gasteiger partial charge is 0.169 e. The number of pyridine rings is 1.